The second kappa shape index (κ2) is 7.35. The maximum atomic E-state index is 13.4. The Morgan fingerprint density at radius 1 is 1.21 bits per heavy atom. The monoisotopic (exact) mass is 409 g/mol. The fraction of sp³-hybridized carbons (Fsp3) is 0.474. The third-order valence-corrected chi connectivity index (χ3v) is 5.77. The number of piperidine rings is 1. The van der Waals surface area contributed by atoms with E-state index in [-0.39, 0.29) is 11.4 Å². The molecule has 7 nitrogen and oxygen atoms in total. The van der Waals surface area contributed by atoms with E-state index in [9.17, 15) is 14.0 Å². The van der Waals surface area contributed by atoms with Gasteiger partial charge < -0.3 is 14.4 Å². The molecule has 2 fully saturated rings. The smallest absolute Gasteiger partial charge is 0.329 e. The molecule has 4 rings (SSSR count). The summed E-state index contributed by atoms with van der Waals surface area (Å²) in [4.78, 5) is 29.8. The predicted molar refractivity (Wildman–Crippen MR) is 103 cm³/mol. The van der Waals surface area contributed by atoms with Gasteiger partial charge in [0.25, 0.3) is 5.56 Å². The van der Waals surface area contributed by atoms with Gasteiger partial charge in [-0.05, 0) is 17.7 Å². The molecule has 2 saturated heterocycles. The Morgan fingerprint density at radius 2 is 1.89 bits per heavy atom. The average molecular weight is 410 g/mol. The molecule has 3 heterocycles. The van der Waals surface area contributed by atoms with E-state index in [0.717, 1.165) is 4.57 Å². The molecule has 2 aliphatic rings. The van der Waals surface area contributed by atoms with E-state index in [1.54, 1.807) is 6.07 Å². The van der Waals surface area contributed by atoms with Crippen molar-refractivity contribution < 1.29 is 13.9 Å². The van der Waals surface area contributed by atoms with Crippen molar-refractivity contribution in [2.75, 3.05) is 31.2 Å². The van der Waals surface area contributed by atoms with Crippen LogP contribution in [0.3, 0.4) is 0 Å². The lowest BCUT2D eigenvalue weighted by Crippen LogP contribution is -2.47. The second-order valence-corrected chi connectivity index (χ2v) is 7.54. The zero-order valence-electron chi connectivity index (χ0n) is 15.5. The van der Waals surface area contributed by atoms with E-state index in [0.29, 0.717) is 56.1 Å². The molecule has 0 saturated carbocycles. The number of nitrogens with one attached hydrogen (secondary N) is 1. The van der Waals surface area contributed by atoms with Gasteiger partial charge in [-0.3, -0.25) is 14.3 Å². The predicted octanol–water partition coefficient (Wildman–Crippen LogP) is 1.80. The Balaban J connectivity index is 1.69. The van der Waals surface area contributed by atoms with Gasteiger partial charge in [-0.1, -0.05) is 17.7 Å². The lowest BCUT2D eigenvalue weighted by Gasteiger charge is -2.38. The van der Waals surface area contributed by atoms with Crippen LogP contribution in [0.1, 0.15) is 24.0 Å². The highest BCUT2D eigenvalue weighted by atomic mass is 35.5. The number of H-pyrrole nitrogens is 1. The quantitative estimate of drug-likeness (QED) is 0.836. The Bertz CT molecular complexity index is 1000. The van der Waals surface area contributed by atoms with Crippen LogP contribution in [0.5, 0.6) is 0 Å². The molecule has 1 aromatic carbocycles. The Kier molecular flexibility index (Phi) is 5.03. The molecule has 150 valence electrons. The summed E-state index contributed by atoms with van der Waals surface area (Å²) in [7, 11) is 1.42. The van der Waals surface area contributed by atoms with Crippen molar-refractivity contribution >= 4 is 17.4 Å². The van der Waals surface area contributed by atoms with Crippen LogP contribution in [0.2, 0.25) is 5.02 Å². The number of halogens is 2. The van der Waals surface area contributed by atoms with Gasteiger partial charge in [0.1, 0.15) is 11.6 Å². The van der Waals surface area contributed by atoms with Crippen LogP contribution in [0.25, 0.3) is 0 Å². The maximum absolute atomic E-state index is 13.4. The number of anilines is 1. The molecule has 1 aromatic heterocycles. The third kappa shape index (κ3) is 3.47. The molecule has 0 bridgehead atoms. The van der Waals surface area contributed by atoms with Crippen LogP contribution in [-0.2, 0) is 22.9 Å². The molecule has 28 heavy (non-hydrogen) atoms. The lowest BCUT2D eigenvalue weighted by atomic mass is 10.0. The summed E-state index contributed by atoms with van der Waals surface area (Å²) >= 11 is 6.16. The number of hydrogen-bond donors (Lipinski definition) is 1. The highest BCUT2D eigenvalue weighted by molar-refractivity contribution is 6.31. The van der Waals surface area contributed by atoms with E-state index in [4.69, 9.17) is 21.1 Å². The van der Waals surface area contributed by atoms with Gasteiger partial charge >= 0.3 is 5.69 Å². The zero-order valence-corrected chi connectivity index (χ0v) is 16.2. The molecule has 9 heteroatoms. The van der Waals surface area contributed by atoms with Crippen molar-refractivity contribution in [1.29, 1.82) is 0 Å². The molecule has 0 amide bonds. The number of aromatic amines is 1. The summed E-state index contributed by atoms with van der Waals surface area (Å²) in [6, 6.07) is 4.07. The van der Waals surface area contributed by atoms with Crippen molar-refractivity contribution in [1.82, 2.24) is 9.55 Å². The normalized spacial score (nSPS) is 18.8. The largest absolute Gasteiger partial charge is 0.357 e. The van der Waals surface area contributed by atoms with Crippen LogP contribution in [0.4, 0.5) is 10.2 Å². The first-order valence-corrected chi connectivity index (χ1v) is 9.55. The van der Waals surface area contributed by atoms with Crippen molar-refractivity contribution in [3.8, 4) is 0 Å². The minimum Gasteiger partial charge on any atom is -0.357 e. The van der Waals surface area contributed by atoms with E-state index in [2.05, 4.69) is 4.98 Å². The summed E-state index contributed by atoms with van der Waals surface area (Å²) in [5, 5.41) is 0.240. The minimum atomic E-state index is -0.559. The summed E-state index contributed by atoms with van der Waals surface area (Å²) < 4.78 is 25.9. The van der Waals surface area contributed by atoms with Crippen LogP contribution in [0, 0.1) is 5.82 Å². The van der Waals surface area contributed by atoms with Gasteiger partial charge in [0.2, 0.25) is 0 Å². The summed E-state index contributed by atoms with van der Waals surface area (Å²) in [5.74, 6) is -0.528. The first-order chi connectivity index (χ1) is 13.4. The van der Waals surface area contributed by atoms with Gasteiger partial charge in [0.15, 0.2) is 5.79 Å². The fourth-order valence-electron chi connectivity index (χ4n) is 3.80. The molecule has 1 spiro atoms. The van der Waals surface area contributed by atoms with E-state index < -0.39 is 22.9 Å². The Morgan fingerprint density at radius 3 is 2.54 bits per heavy atom. The zero-order chi connectivity index (χ0) is 19.9. The number of hydrogen-bond acceptors (Lipinski definition) is 5. The van der Waals surface area contributed by atoms with Crippen LogP contribution < -0.4 is 16.1 Å². The van der Waals surface area contributed by atoms with E-state index in [1.807, 2.05) is 4.90 Å². The minimum absolute atomic E-state index is 0.187. The Labute approximate surface area is 165 Å². The van der Waals surface area contributed by atoms with Crippen molar-refractivity contribution in [2.24, 2.45) is 7.05 Å². The molecule has 0 unspecified atom stereocenters. The van der Waals surface area contributed by atoms with Crippen LogP contribution >= 0.6 is 11.6 Å². The molecule has 2 aromatic rings. The standard InChI is InChI=1S/C19H21ClFN3O4/c1-23-17(25)14(10-12-2-3-13(21)11-15(12)20)16(22-18(23)26)24-6-4-19(5-7-24)27-8-9-28-19/h2-3,11H,4-10H2,1H3,(H,22,26). The van der Waals surface area contributed by atoms with Crippen LogP contribution in [0.15, 0.2) is 27.8 Å². The highest BCUT2D eigenvalue weighted by Gasteiger charge is 2.40. The van der Waals surface area contributed by atoms with E-state index >= 15 is 0 Å². The first kappa shape index (κ1) is 19.2. The van der Waals surface area contributed by atoms with Crippen molar-refractivity contribution in [3.63, 3.8) is 0 Å². The average Bonchev–Trinajstić information content (AvgIpc) is 3.12. The molecule has 2 aliphatic heterocycles. The molecule has 0 aliphatic carbocycles. The summed E-state index contributed by atoms with van der Waals surface area (Å²) in [6.45, 7) is 2.31. The number of ether oxygens (including phenoxy) is 2. The van der Waals surface area contributed by atoms with Gasteiger partial charge in [0.05, 0.1) is 18.8 Å². The van der Waals surface area contributed by atoms with Gasteiger partial charge in [-0.2, -0.15) is 0 Å². The van der Waals surface area contributed by atoms with E-state index in [1.165, 1.54) is 19.2 Å². The Hall–Kier alpha value is -2.16. The molecule has 1 N–H and O–H groups in total. The second-order valence-electron chi connectivity index (χ2n) is 7.13. The molecule has 0 atom stereocenters. The van der Waals surface area contributed by atoms with Gasteiger partial charge in [-0.25, -0.2) is 9.18 Å². The topological polar surface area (TPSA) is 76.6 Å². The maximum Gasteiger partial charge on any atom is 0.329 e. The molecule has 0 radical (unpaired) electrons. The van der Waals surface area contributed by atoms with Crippen molar-refractivity contribution in [2.45, 2.75) is 25.0 Å². The number of benzene rings is 1. The SMILES string of the molecule is Cn1c(=O)[nH]c(N2CCC3(CC2)OCCO3)c(Cc2ccc(F)cc2Cl)c1=O. The number of rotatable bonds is 3. The lowest BCUT2D eigenvalue weighted by molar-refractivity contribution is -0.169. The first-order valence-electron chi connectivity index (χ1n) is 9.17. The van der Waals surface area contributed by atoms with Gasteiger partial charge in [-0.15, -0.1) is 0 Å². The molecular formula is C19H21ClFN3O4. The van der Waals surface area contributed by atoms with Crippen LogP contribution in [-0.4, -0.2) is 41.6 Å². The fourth-order valence-corrected chi connectivity index (χ4v) is 4.03. The summed E-state index contributed by atoms with van der Waals surface area (Å²) in [6.07, 6.45) is 1.47. The number of nitrogens with zero attached hydrogens (tertiary/aromatic N) is 2. The van der Waals surface area contributed by atoms with Gasteiger partial charge in [0, 0.05) is 44.4 Å². The number of aromatic nitrogens is 2. The van der Waals surface area contributed by atoms with Crippen molar-refractivity contribution in [3.05, 3.63) is 61.0 Å². The highest BCUT2D eigenvalue weighted by Crippen LogP contribution is 2.33. The molecular weight excluding hydrogens is 389 g/mol. The summed E-state index contributed by atoms with van der Waals surface area (Å²) in [5.41, 5.74) is 0.152. The third-order valence-electron chi connectivity index (χ3n) is 5.42.